The first-order valence-electron chi connectivity index (χ1n) is 4.73. The lowest BCUT2D eigenvalue weighted by Crippen LogP contribution is -2.26. The Balaban J connectivity index is 2.18. The number of likely N-dealkylation sites (tertiary alicyclic amines) is 1. The molecular formula is C10H17NO. The molecule has 1 aliphatic heterocycles. The van der Waals surface area contributed by atoms with E-state index in [1.165, 1.54) is 12.8 Å². The summed E-state index contributed by atoms with van der Waals surface area (Å²) >= 11 is 0. The van der Waals surface area contributed by atoms with Crippen LogP contribution in [0.2, 0.25) is 0 Å². The minimum atomic E-state index is 0.325. The van der Waals surface area contributed by atoms with E-state index in [0.29, 0.717) is 12.3 Å². The van der Waals surface area contributed by atoms with Crippen molar-refractivity contribution in [2.45, 2.75) is 32.6 Å². The third-order valence-electron chi connectivity index (χ3n) is 2.22. The Morgan fingerprint density at radius 1 is 1.42 bits per heavy atom. The van der Waals surface area contributed by atoms with E-state index in [1.54, 1.807) is 0 Å². The molecule has 2 heteroatoms. The molecule has 1 heterocycles. The highest BCUT2D eigenvalue weighted by Crippen LogP contribution is 2.09. The minimum Gasteiger partial charge on any atom is -0.343 e. The van der Waals surface area contributed by atoms with Gasteiger partial charge in [-0.25, -0.2) is 0 Å². The molecule has 12 heavy (non-hydrogen) atoms. The summed E-state index contributed by atoms with van der Waals surface area (Å²) in [6.07, 6.45) is 8.01. The fourth-order valence-electron chi connectivity index (χ4n) is 1.50. The third kappa shape index (κ3) is 2.68. The molecule has 2 nitrogen and oxygen atoms in total. The van der Waals surface area contributed by atoms with Crippen molar-refractivity contribution in [1.82, 2.24) is 4.90 Å². The number of nitrogens with zero attached hydrogens (tertiary/aromatic N) is 1. The Labute approximate surface area is 74.2 Å². The van der Waals surface area contributed by atoms with Crippen molar-refractivity contribution < 1.29 is 4.79 Å². The number of hydrogen-bond acceptors (Lipinski definition) is 1. The Kier molecular flexibility index (Phi) is 3.85. The fourth-order valence-corrected chi connectivity index (χ4v) is 1.50. The summed E-state index contributed by atoms with van der Waals surface area (Å²) in [7, 11) is 0. The van der Waals surface area contributed by atoms with Gasteiger partial charge in [0.15, 0.2) is 0 Å². The van der Waals surface area contributed by atoms with Crippen molar-refractivity contribution in [2.75, 3.05) is 13.1 Å². The number of carbonyl (C=O) groups excluding carboxylic acids is 1. The van der Waals surface area contributed by atoms with Crippen molar-refractivity contribution >= 4 is 5.91 Å². The van der Waals surface area contributed by atoms with Crippen LogP contribution in [0.25, 0.3) is 0 Å². The van der Waals surface area contributed by atoms with Gasteiger partial charge in [-0.2, -0.15) is 0 Å². The predicted octanol–water partition coefficient (Wildman–Crippen LogP) is 1.97. The topological polar surface area (TPSA) is 20.3 Å². The summed E-state index contributed by atoms with van der Waals surface area (Å²) < 4.78 is 0. The first kappa shape index (κ1) is 9.30. The zero-order valence-electron chi connectivity index (χ0n) is 7.75. The molecule has 0 N–H and O–H groups in total. The second-order valence-corrected chi connectivity index (χ2v) is 3.20. The number of hydrogen-bond donors (Lipinski definition) is 0. The first-order chi connectivity index (χ1) is 5.84. The number of amides is 1. The maximum atomic E-state index is 11.4. The van der Waals surface area contributed by atoms with Crippen LogP contribution < -0.4 is 0 Å². The van der Waals surface area contributed by atoms with E-state index in [4.69, 9.17) is 0 Å². The maximum absolute atomic E-state index is 11.4. The normalized spacial score (nSPS) is 17.6. The van der Waals surface area contributed by atoms with E-state index in [1.807, 2.05) is 24.0 Å². The van der Waals surface area contributed by atoms with Gasteiger partial charge in [-0.05, 0) is 26.2 Å². The summed E-state index contributed by atoms with van der Waals surface area (Å²) in [6, 6.07) is 0. The molecule has 0 unspecified atom stereocenters. The molecule has 0 aromatic carbocycles. The van der Waals surface area contributed by atoms with Crippen LogP contribution in [-0.2, 0) is 4.79 Å². The SMILES string of the molecule is C/C=C\CCC(=O)N1CCCC1. The Hall–Kier alpha value is -0.790. The average molecular weight is 167 g/mol. The molecule has 0 aliphatic carbocycles. The molecule has 0 atom stereocenters. The Morgan fingerprint density at radius 2 is 2.08 bits per heavy atom. The molecule has 1 rings (SSSR count). The van der Waals surface area contributed by atoms with Gasteiger partial charge in [0.1, 0.15) is 0 Å². The largest absolute Gasteiger partial charge is 0.343 e. The zero-order chi connectivity index (χ0) is 8.81. The van der Waals surface area contributed by atoms with Crippen molar-refractivity contribution in [3.63, 3.8) is 0 Å². The molecule has 1 saturated heterocycles. The van der Waals surface area contributed by atoms with E-state index < -0.39 is 0 Å². The van der Waals surface area contributed by atoms with Crippen molar-refractivity contribution in [3.8, 4) is 0 Å². The summed E-state index contributed by atoms with van der Waals surface area (Å²) in [5.74, 6) is 0.325. The van der Waals surface area contributed by atoms with Gasteiger partial charge in [-0.15, -0.1) is 0 Å². The smallest absolute Gasteiger partial charge is 0.222 e. The van der Waals surface area contributed by atoms with E-state index in [-0.39, 0.29) is 0 Å². The van der Waals surface area contributed by atoms with Gasteiger partial charge in [0.2, 0.25) is 5.91 Å². The van der Waals surface area contributed by atoms with Crippen LogP contribution in [0.15, 0.2) is 12.2 Å². The van der Waals surface area contributed by atoms with E-state index in [2.05, 4.69) is 0 Å². The van der Waals surface area contributed by atoms with Crippen LogP contribution in [0.5, 0.6) is 0 Å². The molecule has 0 bridgehead atoms. The second-order valence-electron chi connectivity index (χ2n) is 3.20. The molecular weight excluding hydrogens is 150 g/mol. The van der Waals surface area contributed by atoms with Gasteiger partial charge < -0.3 is 4.90 Å². The maximum Gasteiger partial charge on any atom is 0.222 e. The molecule has 0 radical (unpaired) electrons. The number of allylic oxidation sites excluding steroid dienone is 2. The van der Waals surface area contributed by atoms with Gasteiger partial charge in [0, 0.05) is 19.5 Å². The minimum absolute atomic E-state index is 0.325. The molecule has 0 aromatic rings. The lowest BCUT2D eigenvalue weighted by molar-refractivity contribution is -0.130. The lowest BCUT2D eigenvalue weighted by Gasteiger charge is -2.13. The van der Waals surface area contributed by atoms with Gasteiger partial charge >= 0.3 is 0 Å². The molecule has 1 aliphatic rings. The van der Waals surface area contributed by atoms with Crippen LogP contribution in [0.4, 0.5) is 0 Å². The second kappa shape index (κ2) is 4.96. The zero-order valence-corrected chi connectivity index (χ0v) is 7.75. The highest BCUT2D eigenvalue weighted by molar-refractivity contribution is 5.76. The first-order valence-corrected chi connectivity index (χ1v) is 4.73. The van der Waals surface area contributed by atoms with Gasteiger partial charge in [0.25, 0.3) is 0 Å². The standard InChI is InChI=1S/C10H17NO/c1-2-3-4-7-10(12)11-8-5-6-9-11/h2-3H,4-9H2,1H3/b3-2-. The molecule has 1 amide bonds. The van der Waals surface area contributed by atoms with Crippen molar-refractivity contribution in [3.05, 3.63) is 12.2 Å². The number of carbonyl (C=O) groups is 1. The Morgan fingerprint density at radius 3 is 2.67 bits per heavy atom. The van der Waals surface area contributed by atoms with E-state index in [9.17, 15) is 4.79 Å². The van der Waals surface area contributed by atoms with Crippen LogP contribution in [0, 0.1) is 0 Å². The van der Waals surface area contributed by atoms with Crippen LogP contribution in [0.1, 0.15) is 32.6 Å². The van der Waals surface area contributed by atoms with Crippen molar-refractivity contribution in [1.29, 1.82) is 0 Å². The van der Waals surface area contributed by atoms with Crippen LogP contribution in [-0.4, -0.2) is 23.9 Å². The quantitative estimate of drug-likeness (QED) is 0.588. The van der Waals surface area contributed by atoms with Gasteiger partial charge in [-0.3, -0.25) is 4.79 Å². The molecule has 68 valence electrons. The van der Waals surface area contributed by atoms with E-state index >= 15 is 0 Å². The predicted molar refractivity (Wildman–Crippen MR) is 49.9 cm³/mol. The van der Waals surface area contributed by atoms with Crippen LogP contribution in [0.3, 0.4) is 0 Å². The fraction of sp³-hybridized carbons (Fsp3) is 0.700. The van der Waals surface area contributed by atoms with Crippen LogP contribution >= 0.6 is 0 Å². The summed E-state index contributed by atoms with van der Waals surface area (Å²) in [6.45, 7) is 3.95. The monoisotopic (exact) mass is 167 g/mol. The highest BCUT2D eigenvalue weighted by atomic mass is 16.2. The van der Waals surface area contributed by atoms with Gasteiger partial charge in [0.05, 0.1) is 0 Å². The highest BCUT2D eigenvalue weighted by Gasteiger charge is 2.16. The number of rotatable bonds is 3. The van der Waals surface area contributed by atoms with Crippen molar-refractivity contribution in [2.24, 2.45) is 0 Å². The average Bonchev–Trinajstić information content (AvgIpc) is 2.56. The summed E-state index contributed by atoms with van der Waals surface area (Å²) in [5, 5.41) is 0. The lowest BCUT2D eigenvalue weighted by atomic mass is 10.2. The molecule has 0 saturated carbocycles. The summed E-state index contributed by atoms with van der Waals surface area (Å²) in [5.41, 5.74) is 0. The molecule has 0 spiro atoms. The Bertz CT molecular complexity index is 169. The van der Waals surface area contributed by atoms with E-state index in [0.717, 1.165) is 19.5 Å². The molecule has 0 aromatic heterocycles. The third-order valence-corrected chi connectivity index (χ3v) is 2.22. The summed E-state index contributed by atoms with van der Waals surface area (Å²) in [4.78, 5) is 13.4. The van der Waals surface area contributed by atoms with Gasteiger partial charge in [-0.1, -0.05) is 12.2 Å². The molecule has 1 fully saturated rings.